The van der Waals surface area contributed by atoms with Gasteiger partial charge in [0.1, 0.15) is 17.8 Å². The number of anilines is 1. The van der Waals surface area contributed by atoms with Crippen LogP contribution in [0.2, 0.25) is 0 Å². The van der Waals surface area contributed by atoms with E-state index in [1.54, 1.807) is 6.33 Å². The smallest absolute Gasteiger partial charge is 0.141 e. The lowest BCUT2D eigenvalue weighted by Gasteiger charge is -2.43. The van der Waals surface area contributed by atoms with Crippen LogP contribution >= 0.6 is 0 Å². The number of allylic oxidation sites excluding steroid dienone is 2. The molecule has 1 aliphatic carbocycles. The summed E-state index contributed by atoms with van der Waals surface area (Å²) in [4.78, 5) is 11.3. The molecule has 1 fully saturated rings. The fraction of sp³-hybridized carbons (Fsp3) is 0.333. The molecule has 2 aliphatic heterocycles. The lowest BCUT2D eigenvalue weighted by atomic mass is 9.87. The summed E-state index contributed by atoms with van der Waals surface area (Å²) < 4.78 is 0. The second kappa shape index (κ2) is 5.87. The van der Waals surface area contributed by atoms with E-state index in [1.807, 2.05) is 18.2 Å². The van der Waals surface area contributed by atoms with Crippen molar-refractivity contribution in [1.29, 1.82) is 0 Å². The van der Waals surface area contributed by atoms with E-state index in [-0.39, 0.29) is 5.66 Å². The number of hydrogen-bond acceptors (Lipinski definition) is 5. The summed E-state index contributed by atoms with van der Waals surface area (Å²) in [7, 11) is 0. The van der Waals surface area contributed by atoms with Gasteiger partial charge in [0.25, 0.3) is 0 Å². The van der Waals surface area contributed by atoms with Crippen LogP contribution in [-0.4, -0.2) is 20.5 Å². The molecule has 1 spiro atoms. The predicted octanol–water partition coefficient (Wildman–Crippen LogP) is 4.25. The molecule has 0 bridgehead atoms. The first-order valence-corrected chi connectivity index (χ1v) is 9.40. The molecule has 1 saturated carbocycles. The molecule has 1 aromatic heterocycles. The molecular weight excluding hydrogens is 322 g/mol. The summed E-state index contributed by atoms with van der Waals surface area (Å²) >= 11 is 0. The van der Waals surface area contributed by atoms with Crippen molar-refractivity contribution in [1.82, 2.24) is 20.2 Å². The van der Waals surface area contributed by atoms with Gasteiger partial charge in [0.2, 0.25) is 0 Å². The Balaban J connectivity index is 1.51. The van der Waals surface area contributed by atoms with Crippen LogP contribution in [0.4, 0.5) is 5.82 Å². The molecule has 0 radical (unpaired) electrons. The Bertz CT molecular complexity index is 945. The number of aromatic nitrogens is 2. The van der Waals surface area contributed by atoms with Gasteiger partial charge < -0.3 is 15.5 Å². The Hall–Kier alpha value is -2.82. The standard InChI is InChI=1S/C21H23N5/c1-15-11-16(25-20-17-7-3-4-8-18(17)22-14-23-20)13-26-19(15)12-24-21(26)9-5-2-6-10-21/h3-4,7-8,11-14,24H,2,5-6,9-10H2,1H3,(H,22,23,25). The van der Waals surface area contributed by atoms with Crippen LogP contribution in [0, 0.1) is 0 Å². The van der Waals surface area contributed by atoms with Crippen LogP contribution in [0.25, 0.3) is 10.9 Å². The zero-order chi connectivity index (χ0) is 17.6. The van der Waals surface area contributed by atoms with Crippen molar-refractivity contribution in [2.75, 3.05) is 5.32 Å². The SMILES string of the molecule is CC1=CC(Nc2ncnc3ccccc23)=CN2C1=CNC21CCCCC1. The summed E-state index contributed by atoms with van der Waals surface area (Å²) in [6, 6.07) is 8.10. The molecular formula is C21H23N5. The van der Waals surface area contributed by atoms with E-state index in [4.69, 9.17) is 0 Å². The third-order valence-electron chi connectivity index (χ3n) is 5.73. The van der Waals surface area contributed by atoms with E-state index in [0.29, 0.717) is 0 Å². The van der Waals surface area contributed by atoms with E-state index in [1.165, 1.54) is 43.4 Å². The van der Waals surface area contributed by atoms with Gasteiger partial charge in [0.05, 0.1) is 16.9 Å². The highest BCUT2D eigenvalue weighted by Crippen LogP contribution is 2.41. The second-order valence-electron chi connectivity index (χ2n) is 7.41. The Kier molecular flexibility index (Phi) is 3.48. The largest absolute Gasteiger partial charge is 0.367 e. The Labute approximate surface area is 153 Å². The van der Waals surface area contributed by atoms with Gasteiger partial charge in [0, 0.05) is 17.8 Å². The number of benzene rings is 1. The van der Waals surface area contributed by atoms with Gasteiger partial charge in [0.15, 0.2) is 0 Å². The van der Waals surface area contributed by atoms with E-state index in [9.17, 15) is 0 Å². The third kappa shape index (κ3) is 2.38. The first-order valence-electron chi connectivity index (χ1n) is 9.40. The molecule has 0 atom stereocenters. The highest BCUT2D eigenvalue weighted by atomic mass is 15.4. The third-order valence-corrected chi connectivity index (χ3v) is 5.73. The number of para-hydroxylation sites is 1. The van der Waals surface area contributed by atoms with E-state index in [0.717, 1.165) is 22.4 Å². The lowest BCUT2D eigenvalue weighted by Crippen LogP contribution is -2.51. The molecule has 5 nitrogen and oxygen atoms in total. The maximum atomic E-state index is 4.47. The van der Waals surface area contributed by atoms with Gasteiger partial charge in [-0.1, -0.05) is 18.6 Å². The zero-order valence-corrected chi connectivity index (χ0v) is 15.0. The molecule has 0 amide bonds. The highest BCUT2D eigenvalue weighted by Gasteiger charge is 2.42. The summed E-state index contributed by atoms with van der Waals surface area (Å²) in [5, 5.41) is 8.25. The van der Waals surface area contributed by atoms with Gasteiger partial charge in [-0.25, -0.2) is 9.97 Å². The Morgan fingerprint density at radius 3 is 2.85 bits per heavy atom. The van der Waals surface area contributed by atoms with E-state index >= 15 is 0 Å². The fourth-order valence-electron chi connectivity index (χ4n) is 4.38. The molecule has 0 unspecified atom stereocenters. The minimum absolute atomic E-state index is 0.0454. The number of fused-ring (bicyclic) bond motifs is 3. The number of hydrogen-bond donors (Lipinski definition) is 2. The van der Waals surface area contributed by atoms with Crippen LogP contribution < -0.4 is 10.6 Å². The van der Waals surface area contributed by atoms with Crippen molar-refractivity contribution in [3.05, 3.63) is 66.0 Å². The van der Waals surface area contributed by atoms with Gasteiger partial charge in [-0.15, -0.1) is 0 Å². The van der Waals surface area contributed by atoms with Crippen LogP contribution in [0.3, 0.4) is 0 Å². The molecule has 3 aliphatic rings. The van der Waals surface area contributed by atoms with E-state index in [2.05, 4.69) is 57.0 Å². The molecule has 5 rings (SSSR count). The first-order chi connectivity index (χ1) is 12.8. The Morgan fingerprint density at radius 1 is 1.12 bits per heavy atom. The van der Waals surface area contributed by atoms with Crippen molar-refractivity contribution >= 4 is 16.7 Å². The van der Waals surface area contributed by atoms with Crippen LogP contribution in [-0.2, 0) is 0 Å². The Morgan fingerprint density at radius 2 is 1.96 bits per heavy atom. The summed E-state index contributed by atoms with van der Waals surface area (Å²) in [6.07, 6.45) is 14.5. The fourth-order valence-corrected chi connectivity index (χ4v) is 4.38. The maximum Gasteiger partial charge on any atom is 0.141 e. The number of rotatable bonds is 2. The lowest BCUT2D eigenvalue weighted by molar-refractivity contribution is 0.125. The molecule has 0 saturated heterocycles. The van der Waals surface area contributed by atoms with Gasteiger partial charge in [-0.3, -0.25) is 0 Å². The number of nitrogens with zero attached hydrogens (tertiary/aromatic N) is 3. The topological polar surface area (TPSA) is 53.1 Å². The average molecular weight is 345 g/mol. The van der Waals surface area contributed by atoms with Gasteiger partial charge in [-0.2, -0.15) is 0 Å². The molecule has 1 aromatic carbocycles. The number of nitrogens with one attached hydrogen (secondary N) is 2. The van der Waals surface area contributed by atoms with Crippen molar-refractivity contribution in [3.8, 4) is 0 Å². The highest BCUT2D eigenvalue weighted by molar-refractivity contribution is 5.89. The van der Waals surface area contributed by atoms with Gasteiger partial charge in [-0.05, 0) is 56.4 Å². The van der Waals surface area contributed by atoms with Crippen LogP contribution in [0.1, 0.15) is 39.0 Å². The average Bonchev–Trinajstić information content (AvgIpc) is 3.01. The minimum atomic E-state index is 0.0454. The van der Waals surface area contributed by atoms with Gasteiger partial charge >= 0.3 is 0 Å². The van der Waals surface area contributed by atoms with Crippen molar-refractivity contribution in [2.45, 2.75) is 44.7 Å². The predicted molar refractivity (Wildman–Crippen MR) is 104 cm³/mol. The summed E-state index contributed by atoms with van der Waals surface area (Å²) in [5.41, 5.74) is 4.61. The van der Waals surface area contributed by atoms with Crippen molar-refractivity contribution in [2.24, 2.45) is 0 Å². The normalized spacial score (nSPS) is 21.0. The molecule has 5 heteroatoms. The summed E-state index contributed by atoms with van der Waals surface area (Å²) in [5.74, 6) is 0.850. The molecule has 2 N–H and O–H groups in total. The molecule has 3 heterocycles. The molecule has 26 heavy (non-hydrogen) atoms. The van der Waals surface area contributed by atoms with Crippen LogP contribution in [0.15, 0.2) is 66.0 Å². The van der Waals surface area contributed by atoms with Crippen molar-refractivity contribution in [3.63, 3.8) is 0 Å². The maximum absolute atomic E-state index is 4.47. The summed E-state index contributed by atoms with van der Waals surface area (Å²) in [6.45, 7) is 2.18. The van der Waals surface area contributed by atoms with Crippen molar-refractivity contribution < 1.29 is 0 Å². The van der Waals surface area contributed by atoms with Crippen LogP contribution in [0.5, 0.6) is 0 Å². The van der Waals surface area contributed by atoms with E-state index < -0.39 is 0 Å². The first kappa shape index (κ1) is 15.4. The molecule has 2 aromatic rings. The quantitative estimate of drug-likeness (QED) is 0.852. The second-order valence-corrected chi connectivity index (χ2v) is 7.41. The minimum Gasteiger partial charge on any atom is -0.367 e. The monoisotopic (exact) mass is 345 g/mol. The molecule has 132 valence electrons. The zero-order valence-electron chi connectivity index (χ0n) is 15.0.